The largest absolute Gasteiger partial charge is 0.494 e. The Labute approximate surface area is 161 Å². The van der Waals surface area contributed by atoms with Crippen molar-refractivity contribution in [1.82, 2.24) is 0 Å². The van der Waals surface area contributed by atoms with E-state index >= 15 is 0 Å². The van der Waals surface area contributed by atoms with E-state index in [0.717, 1.165) is 21.7 Å². The van der Waals surface area contributed by atoms with E-state index in [-0.39, 0.29) is 0 Å². The molecule has 0 saturated carbocycles. The number of hydrogen-bond donors (Lipinski definition) is 1. The second-order valence-electron chi connectivity index (χ2n) is 6.42. The summed E-state index contributed by atoms with van der Waals surface area (Å²) in [4.78, 5) is 12.8. The number of anilines is 2. The number of carbonyl (C=O) groups is 1. The quantitative estimate of drug-likeness (QED) is 0.785. The van der Waals surface area contributed by atoms with Gasteiger partial charge >= 0.3 is 0 Å². The first-order valence-corrected chi connectivity index (χ1v) is 10.6. The zero-order valence-electron chi connectivity index (χ0n) is 16.3. The highest BCUT2D eigenvalue weighted by Gasteiger charge is 2.29. The molecule has 2 aromatic rings. The van der Waals surface area contributed by atoms with E-state index in [0.29, 0.717) is 23.7 Å². The van der Waals surface area contributed by atoms with Gasteiger partial charge in [-0.25, -0.2) is 8.42 Å². The number of rotatable bonds is 7. The zero-order valence-corrected chi connectivity index (χ0v) is 17.1. The maximum atomic E-state index is 12.8. The molecule has 0 spiro atoms. The summed E-state index contributed by atoms with van der Waals surface area (Å²) in [5.41, 5.74) is 2.95. The average Bonchev–Trinajstić information content (AvgIpc) is 2.59. The Balaban J connectivity index is 2.32. The van der Waals surface area contributed by atoms with E-state index in [1.54, 1.807) is 31.2 Å². The summed E-state index contributed by atoms with van der Waals surface area (Å²) in [6.07, 6.45) is 1.09. The van der Waals surface area contributed by atoms with Gasteiger partial charge in [0.25, 0.3) is 0 Å². The second-order valence-corrected chi connectivity index (χ2v) is 8.28. The topological polar surface area (TPSA) is 75.7 Å². The third-order valence-electron chi connectivity index (χ3n) is 4.22. The van der Waals surface area contributed by atoms with Crippen LogP contribution in [0, 0.1) is 13.8 Å². The minimum Gasteiger partial charge on any atom is -0.494 e. The van der Waals surface area contributed by atoms with Crippen LogP contribution in [-0.4, -0.2) is 33.2 Å². The molecule has 7 heteroatoms. The summed E-state index contributed by atoms with van der Waals surface area (Å²) in [5.74, 6) is 0.244. The minimum absolute atomic E-state index is 0.397. The fraction of sp³-hybridized carbons (Fsp3) is 0.350. The molecular weight excluding hydrogens is 364 g/mol. The monoisotopic (exact) mass is 390 g/mol. The molecule has 0 unspecified atom stereocenters. The summed E-state index contributed by atoms with van der Waals surface area (Å²) in [6, 6.07) is 11.4. The molecule has 0 aliphatic heterocycles. The van der Waals surface area contributed by atoms with Crippen LogP contribution < -0.4 is 14.4 Å². The van der Waals surface area contributed by atoms with Gasteiger partial charge in [0.15, 0.2) is 0 Å². The molecule has 0 bridgehead atoms. The predicted molar refractivity (Wildman–Crippen MR) is 109 cm³/mol. The summed E-state index contributed by atoms with van der Waals surface area (Å²) in [6.45, 7) is 7.75. The zero-order chi connectivity index (χ0) is 20.2. The molecule has 146 valence electrons. The third-order valence-corrected chi connectivity index (χ3v) is 5.46. The van der Waals surface area contributed by atoms with Gasteiger partial charge in [-0.05, 0) is 63.1 Å². The molecule has 1 atom stereocenters. The Morgan fingerprint density at radius 1 is 1.11 bits per heavy atom. The van der Waals surface area contributed by atoms with E-state index in [4.69, 9.17) is 4.74 Å². The van der Waals surface area contributed by atoms with Gasteiger partial charge in [0.2, 0.25) is 15.9 Å². The number of hydrogen-bond acceptors (Lipinski definition) is 4. The Bertz CT molecular complexity index is 888. The Hall–Kier alpha value is -2.54. The first kappa shape index (κ1) is 20.8. The SMILES string of the molecule is CCOc1ccc(N([C@H](C)C(=O)Nc2c(C)cccc2C)S(C)(=O)=O)cc1. The highest BCUT2D eigenvalue weighted by atomic mass is 32.2. The molecule has 0 saturated heterocycles. The number of nitrogens with zero attached hydrogens (tertiary/aromatic N) is 1. The summed E-state index contributed by atoms with van der Waals surface area (Å²) in [5, 5.41) is 2.86. The van der Waals surface area contributed by atoms with E-state index in [9.17, 15) is 13.2 Å². The number of carbonyl (C=O) groups excluding carboxylic acids is 1. The van der Waals surface area contributed by atoms with Crippen LogP contribution in [0.25, 0.3) is 0 Å². The number of benzene rings is 2. The minimum atomic E-state index is -3.67. The summed E-state index contributed by atoms with van der Waals surface area (Å²) < 4.78 is 31.3. The van der Waals surface area contributed by atoms with Gasteiger partial charge in [0.05, 0.1) is 18.6 Å². The smallest absolute Gasteiger partial charge is 0.248 e. The molecule has 2 aromatic carbocycles. The van der Waals surface area contributed by atoms with Gasteiger partial charge in [-0.3, -0.25) is 9.10 Å². The van der Waals surface area contributed by atoms with Crippen molar-refractivity contribution in [1.29, 1.82) is 0 Å². The Morgan fingerprint density at radius 3 is 2.15 bits per heavy atom. The van der Waals surface area contributed by atoms with Crippen molar-refractivity contribution >= 4 is 27.3 Å². The normalized spacial score (nSPS) is 12.3. The maximum Gasteiger partial charge on any atom is 0.248 e. The molecule has 0 aromatic heterocycles. The van der Waals surface area contributed by atoms with Crippen molar-refractivity contribution in [3.63, 3.8) is 0 Å². The van der Waals surface area contributed by atoms with Crippen LogP contribution in [0.1, 0.15) is 25.0 Å². The van der Waals surface area contributed by atoms with E-state index in [1.807, 2.05) is 39.0 Å². The van der Waals surface area contributed by atoms with Gasteiger partial charge in [-0.15, -0.1) is 0 Å². The van der Waals surface area contributed by atoms with Crippen molar-refractivity contribution in [2.45, 2.75) is 33.7 Å². The molecular formula is C20H26N2O4S. The molecule has 0 aliphatic rings. The van der Waals surface area contributed by atoms with Gasteiger partial charge < -0.3 is 10.1 Å². The van der Waals surface area contributed by atoms with Crippen LogP contribution in [0.2, 0.25) is 0 Å². The maximum absolute atomic E-state index is 12.8. The molecule has 2 rings (SSSR count). The van der Waals surface area contributed by atoms with Crippen LogP contribution in [0.4, 0.5) is 11.4 Å². The first-order chi connectivity index (χ1) is 12.6. The fourth-order valence-corrected chi connectivity index (χ4v) is 4.08. The predicted octanol–water partition coefficient (Wildman–Crippen LogP) is 3.50. The molecule has 0 fully saturated rings. The molecule has 0 radical (unpaired) electrons. The lowest BCUT2D eigenvalue weighted by Gasteiger charge is -2.28. The number of ether oxygens (including phenoxy) is 1. The average molecular weight is 391 g/mol. The molecule has 1 N–H and O–H groups in total. The van der Waals surface area contributed by atoms with Crippen LogP contribution in [0.15, 0.2) is 42.5 Å². The van der Waals surface area contributed by atoms with Crippen molar-refractivity contribution in [3.8, 4) is 5.75 Å². The number of amides is 1. The molecule has 0 aliphatic carbocycles. The lowest BCUT2D eigenvalue weighted by Crippen LogP contribution is -2.45. The van der Waals surface area contributed by atoms with Gasteiger partial charge in [-0.1, -0.05) is 18.2 Å². The number of sulfonamides is 1. The highest BCUT2D eigenvalue weighted by molar-refractivity contribution is 7.92. The summed E-state index contributed by atoms with van der Waals surface area (Å²) in [7, 11) is -3.67. The first-order valence-electron chi connectivity index (χ1n) is 8.74. The fourth-order valence-electron chi connectivity index (χ4n) is 2.90. The van der Waals surface area contributed by atoms with Gasteiger partial charge in [0.1, 0.15) is 11.8 Å². The summed E-state index contributed by atoms with van der Waals surface area (Å²) >= 11 is 0. The second kappa shape index (κ2) is 8.43. The molecule has 0 heterocycles. The molecule has 1 amide bonds. The molecule has 6 nitrogen and oxygen atoms in total. The van der Waals surface area contributed by atoms with Crippen LogP contribution in [0.5, 0.6) is 5.75 Å². The van der Waals surface area contributed by atoms with Gasteiger partial charge in [0, 0.05) is 5.69 Å². The van der Waals surface area contributed by atoms with Crippen molar-refractivity contribution < 1.29 is 17.9 Å². The van der Waals surface area contributed by atoms with Crippen LogP contribution >= 0.6 is 0 Å². The Morgan fingerprint density at radius 2 is 1.67 bits per heavy atom. The van der Waals surface area contributed by atoms with E-state index in [2.05, 4.69) is 5.32 Å². The highest BCUT2D eigenvalue weighted by Crippen LogP contribution is 2.25. The van der Waals surface area contributed by atoms with Crippen molar-refractivity contribution in [2.24, 2.45) is 0 Å². The van der Waals surface area contributed by atoms with Crippen molar-refractivity contribution in [2.75, 3.05) is 22.5 Å². The number of aryl methyl sites for hydroxylation is 2. The lowest BCUT2D eigenvalue weighted by molar-refractivity contribution is -0.116. The Kier molecular flexibility index (Phi) is 6.49. The van der Waals surface area contributed by atoms with Crippen LogP contribution in [0.3, 0.4) is 0 Å². The van der Waals surface area contributed by atoms with Gasteiger partial charge in [-0.2, -0.15) is 0 Å². The van der Waals surface area contributed by atoms with Crippen LogP contribution in [-0.2, 0) is 14.8 Å². The third kappa shape index (κ3) is 5.01. The molecule has 27 heavy (non-hydrogen) atoms. The lowest BCUT2D eigenvalue weighted by atomic mass is 10.1. The van der Waals surface area contributed by atoms with Crippen molar-refractivity contribution in [3.05, 3.63) is 53.6 Å². The van der Waals surface area contributed by atoms with E-state index < -0.39 is 22.0 Å². The number of nitrogens with one attached hydrogen (secondary N) is 1. The standard InChI is InChI=1S/C20H26N2O4S/c1-6-26-18-12-10-17(11-13-18)22(27(5,24)25)16(4)20(23)21-19-14(2)8-7-9-15(19)3/h7-13,16H,6H2,1-5H3,(H,21,23)/t16-/m1/s1. The number of para-hydroxylation sites is 1. The van der Waals surface area contributed by atoms with E-state index in [1.165, 1.54) is 0 Å².